The third kappa shape index (κ3) is 3.40. The third-order valence-electron chi connectivity index (χ3n) is 4.65. The largest absolute Gasteiger partial charge is 0.354 e. The van der Waals surface area contributed by atoms with Gasteiger partial charge < -0.3 is 4.90 Å². The number of benzene rings is 1. The summed E-state index contributed by atoms with van der Waals surface area (Å²) in [6.07, 6.45) is 1.70. The van der Waals surface area contributed by atoms with Gasteiger partial charge in [0.15, 0.2) is 0 Å². The number of nitrogens with zero attached hydrogens (tertiary/aromatic N) is 4. The summed E-state index contributed by atoms with van der Waals surface area (Å²) in [5.74, 6) is 0.812. The summed E-state index contributed by atoms with van der Waals surface area (Å²) in [5.41, 5.74) is 0.923. The quantitative estimate of drug-likeness (QED) is 0.599. The van der Waals surface area contributed by atoms with Gasteiger partial charge in [-0.15, -0.1) is 0 Å². The van der Waals surface area contributed by atoms with Gasteiger partial charge in [-0.3, -0.25) is 10.1 Å². The molecule has 0 N–H and O–H groups in total. The molecule has 0 spiro atoms. The fourth-order valence-electron chi connectivity index (χ4n) is 3.02. The van der Waals surface area contributed by atoms with Crippen molar-refractivity contribution in [3.05, 3.63) is 57.8 Å². The summed E-state index contributed by atoms with van der Waals surface area (Å²) >= 11 is 0. The van der Waals surface area contributed by atoms with E-state index < -0.39 is 14.9 Å². The minimum atomic E-state index is -3.80. The van der Waals surface area contributed by atoms with Crippen molar-refractivity contribution in [3.63, 3.8) is 0 Å². The van der Waals surface area contributed by atoms with Gasteiger partial charge in [-0.05, 0) is 37.1 Å². The minimum absolute atomic E-state index is 0.00971. The first-order valence-electron chi connectivity index (χ1n) is 8.22. The summed E-state index contributed by atoms with van der Waals surface area (Å²) in [7, 11) is -3.80. The molecule has 0 atom stereocenters. The third-order valence-corrected chi connectivity index (χ3v) is 6.67. The molecule has 138 valence electrons. The summed E-state index contributed by atoms with van der Waals surface area (Å²) in [4.78, 5) is 16.9. The van der Waals surface area contributed by atoms with Crippen molar-refractivity contribution in [2.24, 2.45) is 0 Å². The van der Waals surface area contributed by atoms with Crippen LogP contribution in [0.15, 0.2) is 41.4 Å². The predicted molar refractivity (Wildman–Crippen MR) is 97.8 cm³/mol. The molecule has 1 saturated heterocycles. The van der Waals surface area contributed by atoms with Crippen LogP contribution in [0.5, 0.6) is 0 Å². The number of aryl methyl sites for hydroxylation is 1. The van der Waals surface area contributed by atoms with E-state index in [0.717, 1.165) is 11.9 Å². The molecule has 2 heterocycles. The number of sulfonamides is 1. The molecule has 1 aliphatic heterocycles. The van der Waals surface area contributed by atoms with Crippen LogP contribution in [-0.4, -0.2) is 48.8 Å². The van der Waals surface area contributed by atoms with Crippen LogP contribution in [0.1, 0.15) is 11.1 Å². The molecule has 3 rings (SSSR count). The van der Waals surface area contributed by atoms with Gasteiger partial charge in [0, 0.05) is 44.5 Å². The number of anilines is 1. The first-order chi connectivity index (χ1) is 12.3. The van der Waals surface area contributed by atoms with Gasteiger partial charge in [0.1, 0.15) is 5.82 Å². The summed E-state index contributed by atoms with van der Waals surface area (Å²) in [6.45, 7) is 5.00. The van der Waals surface area contributed by atoms with Crippen molar-refractivity contribution in [2.75, 3.05) is 31.1 Å². The number of nitro benzene ring substituents is 1. The van der Waals surface area contributed by atoms with E-state index in [-0.39, 0.29) is 10.6 Å². The second kappa shape index (κ2) is 7.00. The highest BCUT2D eigenvalue weighted by molar-refractivity contribution is 7.89. The molecule has 9 heteroatoms. The average Bonchev–Trinajstić information content (AvgIpc) is 2.64. The zero-order valence-electron chi connectivity index (χ0n) is 14.6. The maximum absolute atomic E-state index is 13.0. The zero-order chi connectivity index (χ0) is 18.9. The number of rotatable bonds is 4. The predicted octanol–water partition coefficient (Wildman–Crippen LogP) is 2.12. The Labute approximate surface area is 152 Å². The van der Waals surface area contributed by atoms with Gasteiger partial charge in [-0.25, -0.2) is 13.4 Å². The summed E-state index contributed by atoms with van der Waals surface area (Å²) < 4.78 is 27.5. The van der Waals surface area contributed by atoms with Crippen LogP contribution in [0.3, 0.4) is 0 Å². The van der Waals surface area contributed by atoms with Crippen molar-refractivity contribution < 1.29 is 13.3 Å². The highest BCUT2D eigenvalue weighted by Gasteiger charge is 2.31. The molecular weight excluding hydrogens is 356 g/mol. The lowest BCUT2D eigenvalue weighted by Gasteiger charge is -2.34. The second-order valence-electron chi connectivity index (χ2n) is 6.22. The molecule has 1 fully saturated rings. The number of aromatic nitrogens is 1. The van der Waals surface area contributed by atoms with E-state index in [1.165, 1.54) is 10.4 Å². The Morgan fingerprint density at radius 2 is 1.81 bits per heavy atom. The second-order valence-corrected chi connectivity index (χ2v) is 8.13. The standard InChI is InChI=1S/C17H20N4O4S/c1-13-11-15(21(22)23)12-16(14(13)2)26(24,25)20-9-7-19(8-10-20)17-5-3-4-6-18-17/h3-6,11-12H,7-10H2,1-2H3. The molecule has 0 amide bonds. The van der Waals surface area contributed by atoms with E-state index in [1.807, 2.05) is 23.1 Å². The first-order valence-corrected chi connectivity index (χ1v) is 9.66. The van der Waals surface area contributed by atoms with Gasteiger partial charge in [0.25, 0.3) is 5.69 Å². The molecular formula is C17H20N4O4S. The topological polar surface area (TPSA) is 96.6 Å². The Kier molecular flexibility index (Phi) is 4.92. The molecule has 0 bridgehead atoms. The Hall–Kier alpha value is -2.52. The van der Waals surface area contributed by atoms with E-state index in [1.54, 1.807) is 20.0 Å². The van der Waals surface area contributed by atoms with Crippen molar-refractivity contribution in [1.82, 2.24) is 9.29 Å². The fourth-order valence-corrected chi connectivity index (χ4v) is 4.76. The van der Waals surface area contributed by atoms with Gasteiger partial charge >= 0.3 is 0 Å². The van der Waals surface area contributed by atoms with Gasteiger partial charge in [0.2, 0.25) is 10.0 Å². The molecule has 8 nitrogen and oxygen atoms in total. The lowest BCUT2D eigenvalue weighted by atomic mass is 10.1. The maximum Gasteiger partial charge on any atom is 0.271 e. The first kappa shape index (κ1) is 18.3. The molecule has 2 aromatic rings. The van der Waals surface area contributed by atoms with Crippen LogP contribution in [0.4, 0.5) is 11.5 Å². The number of piperazine rings is 1. The van der Waals surface area contributed by atoms with Crippen LogP contribution >= 0.6 is 0 Å². The normalized spacial score (nSPS) is 15.8. The maximum atomic E-state index is 13.0. The van der Waals surface area contributed by atoms with Crippen LogP contribution in [0.25, 0.3) is 0 Å². The lowest BCUT2D eigenvalue weighted by molar-refractivity contribution is -0.385. The summed E-state index contributed by atoms with van der Waals surface area (Å²) in [5, 5.41) is 11.1. The molecule has 0 unspecified atom stereocenters. The van der Waals surface area contributed by atoms with Crippen molar-refractivity contribution >= 4 is 21.5 Å². The van der Waals surface area contributed by atoms with E-state index >= 15 is 0 Å². The highest BCUT2D eigenvalue weighted by Crippen LogP contribution is 2.28. The Balaban J connectivity index is 1.85. The molecule has 0 saturated carbocycles. The average molecular weight is 376 g/mol. The number of non-ortho nitro benzene ring substituents is 1. The van der Waals surface area contributed by atoms with Gasteiger partial charge in [-0.1, -0.05) is 6.07 Å². The Bertz CT molecular complexity index is 923. The van der Waals surface area contributed by atoms with Crippen LogP contribution in [0.2, 0.25) is 0 Å². The molecule has 26 heavy (non-hydrogen) atoms. The number of hydrogen-bond acceptors (Lipinski definition) is 6. The number of nitro groups is 1. The van der Waals surface area contributed by atoms with E-state index in [9.17, 15) is 18.5 Å². The Morgan fingerprint density at radius 1 is 1.12 bits per heavy atom. The molecule has 1 aromatic heterocycles. The minimum Gasteiger partial charge on any atom is -0.354 e. The van der Waals surface area contributed by atoms with Gasteiger partial charge in [-0.2, -0.15) is 4.31 Å². The Morgan fingerprint density at radius 3 is 2.38 bits per heavy atom. The highest BCUT2D eigenvalue weighted by atomic mass is 32.2. The number of pyridine rings is 1. The lowest BCUT2D eigenvalue weighted by Crippen LogP contribution is -2.49. The molecule has 0 aliphatic carbocycles. The van der Waals surface area contributed by atoms with Crippen molar-refractivity contribution in [3.8, 4) is 0 Å². The van der Waals surface area contributed by atoms with E-state index in [0.29, 0.717) is 37.3 Å². The molecule has 1 aromatic carbocycles. The van der Waals surface area contributed by atoms with Crippen molar-refractivity contribution in [1.29, 1.82) is 0 Å². The number of hydrogen-bond donors (Lipinski definition) is 0. The molecule has 1 aliphatic rings. The SMILES string of the molecule is Cc1cc([N+](=O)[O-])cc(S(=O)(=O)N2CCN(c3ccccn3)CC2)c1C. The van der Waals surface area contributed by atoms with E-state index in [4.69, 9.17) is 0 Å². The zero-order valence-corrected chi connectivity index (χ0v) is 15.4. The fraction of sp³-hybridized carbons (Fsp3) is 0.353. The van der Waals surface area contributed by atoms with Crippen LogP contribution in [0, 0.1) is 24.0 Å². The monoisotopic (exact) mass is 376 g/mol. The van der Waals surface area contributed by atoms with Crippen LogP contribution in [-0.2, 0) is 10.0 Å². The van der Waals surface area contributed by atoms with Crippen molar-refractivity contribution in [2.45, 2.75) is 18.7 Å². The molecule has 0 radical (unpaired) electrons. The summed E-state index contributed by atoms with van der Waals surface area (Å²) in [6, 6.07) is 8.16. The smallest absolute Gasteiger partial charge is 0.271 e. The van der Waals surface area contributed by atoms with E-state index in [2.05, 4.69) is 4.98 Å². The van der Waals surface area contributed by atoms with Gasteiger partial charge in [0.05, 0.1) is 9.82 Å². The van der Waals surface area contributed by atoms with Crippen LogP contribution < -0.4 is 4.90 Å².